The summed E-state index contributed by atoms with van der Waals surface area (Å²) in [6.07, 6.45) is -0.498. The lowest BCUT2D eigenvalue weighted by Gasteiger charge is -2.43. The highest BCUT2D eigenvalue weighted by molar-refractivity contribution is 6.01. The summed E-state index contributed by atoms with van der Waals surface area (Å²) in [5.74, 6) is -1.19. The summed E-state index contributed by atoms with van der Waals surface area (Å²) in [5.41, 5.74) is -1.24. The van der Waals surface area contributed by atoms with Crippen LogP contribution < -0.4 is 0 Å². The molecule has 1 aromatic carbocycles. The molecule has 142 valence electrons. The molecular formula is C19H27N3O4. The second-order valence-electron chi connectivity index (χ2n) is 8.26. The highest BCUT2D eigenvalue weighted by atomic mass is 16.6. The summed E-state index contributed by atoms with van der Waals surface area (Å²) in [4.78, 5) is 40.3. The van der Waals surface area contributed by atoms with Gasteiger partial charge in [-0.3, -0.25) is 19.7 Å². The number of nitro groups is 1. The third kappa shape index (κ3) is 3.18. The molecule has 2 rings (SSSR count). The van der Waals surface area contributed by atoms with Gasteiger partial charge in [-0.2, -0.15) is 0 Å². The molecule has 0 N–H and O–H groups in total. The first-order valence-electron chi connectivity index (χ1n) is 8.70. The molecule has 7 nitrogen and oxygen atoms in total. The quantitative estimate of drug-likeness (QED) is 0.610. The lowest BCUT2D eigenvalue weighted by molar-refractivity contribution is -0.489. The van der Waals surface area contributed by atoms with Crippen LogP contribution >= 0.6 is 0 Å². The average Bonchev–Trinajstić information content (AvgIpc) is 2.76. The summed E-state index contributed by atoms with van der Waals surface area (Å²) in [7, 11) is 1.66. The van der Waals surface area contributed by atoms with Gasteiger partial charge in [-0.05, 0) is 19.1 Å². The lowest BCUT2D eigenvalue weighted by Crippen LogP contribution is -2.58. The predicted octanol–water partition coefficient (Wildman–Crippen LogP) is 2.64. The molecule has 0 aliphatic carbocycles. The van der Waals surface area contributed by atoms with Crippen LogP contribution in [0.3, 0.4) is 0 Å². The van der Waals surface area contributed by atoms with E-state index in [-0.39, 0.29) is 18.4 Å². The Labute approximate surface area is 154 Å². The van der Waals surface area contributed by atoms with Crippen molar-refractivity contribution >= 4 is 11.8 Å². The minimum Gasteiger partial charge on any atom is -0.323 e. The van der Waals surface area contributed by atoms with Gasteiger partial charge in [0.15, 0.2) is 0 Å². The van der Waals surface area contributed by atoms with E-state index in [2.05, 4.69) is 0 Å². The summed E-state index contributed by atoms with van der Waals surface area (Å²) >= 11 is 0. The third-order valence-electron chi connectivity index (χ3n) is 5.26. The standard InChI is InChI=1S/C19H27N3O4/c1-13(12-21(25)26)19(5)17(24)20(6)16(18(2,3)4)22(19)15(23)14-10-8-7-9-11-14/h7-11,13,16H,12H2,1-6H3. The van der Waals surface area contributed by atoms with Crippen molar-refractivity contribution < 1.29 is 14.5 Å². The van der Waals surface area contributed by atoms with Gasteiger partial charge in [-0.15, -0.1) is 0 Å². The van der Waals surface area contributed by atoms with E-state index in [1.807, 2.05) is 26.8 Å². The number of carbonyl (C=O) groups is 2. The Morgan fingerprint density at radius 3 is 2.31 bits per heavy atom. The maximum atomic E-state index is 13.4. The van der Waals surface area contributed by atoms with Crippen molar-refractivity contribution in [2.45, 2.75) is 46.3 Å². The number of likely N-dealkylation sites (N-methyl/N-ethyl adjacent to an activating group) is 1. The maximum absolute atomic E-state index is 13.4. The number of nitrogens with zero attached hydrogens (tertiary/aromatic N) is 3. The molecule has 0 radical (unpaired) electrons. The number of hydrogen-bond donors (Lipinski definition) is 0. The van der Waals surface area contributed by atoms with Crippen molar-refractivity contribution in [3.05, 3.63) is 46.0 Å². The summed E-state index contributed by atoms with van der Waals surface area (Å²) < 4.78 is 0. The van der Waals surface area contributed by atoms with Crippen LogP contribution in [0.15, 0.2) is 30.3 Å². The fourth-order valence-electron chi connectivity index (χ4n) is 3.86. The second-order valence-corrected chi connectivity index (χ2v) is 8.26. The minimum absolute atomic E-state index is 0.268. The van der Waals surface area contributed by atoms with Gasteiger partial charge < -0.3 is 9.80 Å². The molecule has 0 aromatic heterocycles. The van der Waals surface area contributed by atoms with Gasteiger partial charge in [-0.25, -0.2) is 0 Å². The topological polar surface area (TPSA) is 83.8 Å². The number of carbonyl (C=O) groups excluding carboxylic acids is 2. The van der Waals surface area contributed by atoms with Crippen molar-refractivity contribution in [1.82, 2.24) is 9.80 Å². The summed E-state index contributed by atoms with van der Waals surface area (Å²) in [5, 5.41) is 11.1. The van der Waals surface area contributed by atoms with Crippen molar-refractivity contribution in [2.24, 2.45) is 11.3 Å². The first-order chi connectivity index (χ1) is 11.9. The van der Waals surface area contributed by atoms with Crippen molar-refractivity contribution in [3.8, 4) is 0 Å². The Morgan fingerprint density at radius 2 is 1.85 bits per heavy atom. The first kappa shape index (κ1) is 19.9. The zero-order valence-corrected chi connectivity index (χ0v) is 16.2. The van der Waals surface area contributed by atoms with Crippen LogP contribution in [-0.4, -0.2) is 51.8 Å². The number of amides is 2. The smallest absolute Gasteiger partial charge is 0.256 e. The van der Waals surface area contributed by atoms with Crippen molar-refractivity contribution in [1.29, 1.82) is 0 Å². The number of hydrogen-bond acceptors (Lipinski definition) is 4. The molecule has 1 saturated heterocycles. The predicted molar refractivity (Wildman–Crippen MR) is 98.1 cm³/mol. The number of rotatable bonds is 4. The van der Waals surface area contributed by atoms with Crippen LogP contribution in [0.25, 0.3) is 0 Å². The molecule has 1 aromatic rings. The molecule has 26 heavy (non-hydrogen) atoms. The van der Waals surface area contributed by atoms with E-state index in [0.717, 1.165) is 0 Å². The van der Waals surface area contributed by atoms with Crippen LogP contribution in [0, 0.1) is 21.4 Å². The van der Waals surface area contributed by atoms with Gasteiger partial charge in [-0.1, -0.05) is 45.9 Å². The molecule has 7 heteroatoms. The fourth-order valence-corrected chi connectivity index (χ4v) is 3.86. The molecule has 1 aliphatic heterocycles. The van der Waals surface area contributed by atoms with Gasteiger partial charge in [0.25, 0.3) is 5.91 Å². The van der Waals surface area contributed by atoms with Crippen LogP contribution in [-0.2, 0) is 4.79 Å². The Morgan fingerprint density at radius 1 is 1.31 bits per heavy atom. The molecule has 1 heterocycles. The molecule has 3 atom stereocenters. The lowest BCUT2D eigenvalue weighted by atomic mass is 9.83. The van der Waals surface area contributed by atoms with Crippen molar-refractivity contribution in [2.75, 3.05) is 13.6 Å². The molecular weight excluding hydrogens is 334 g/mol. The van der Waals surface area contributed by atoms with Crippen molar-refractivity contribution in [3.63, 3.8) is 0 Å². The molecule has 0 saturated carbocycles. The SMILES string of the molecule is CC(C[N+](=O)[O-])C1(C)C(=O)N(C)C(C(C)(C)C)N1C(=O)c1ccccc1. The summed E-state index contributed by atoms with van der Waals surface area (Å²) in [6, 6.07) is 8.73. The van der Waals surface area contributed by atoms with E-state index < -0.39 is 28.0 Å². The number of benzene rings is 1. The van der Waals surface area contributed by atoms with Crippen LogP contribution in [0.2, 0.25) is 0 Å². The van der Waals surface area contributed by atoms with E-state index in [1.165, 1.54) is 0 Å². The Balaban J connectivity index is 2.62. The fraction of sp³-hybridized carbons (Fsp3) is 0.579. The van der Waals surface area contributed by atoms with Gasteiger partial charge >= 0.3 is 0 Å². The highest BCUT2D eigenvalue weighted by Gasteiger charge is 2.61. The highest BCUT2D eigenvalue weighted by Crippen LogP contribution is 2.43. The summed E-state index contributed by atoms with van der Waals surface area (Å²) in [6.45, 7) is 8.78. The van der Waals surface area contributed by atoms with E-state index >= 15 is 0 Å². The van der Waals surface area contributed by atoms with Gasteiger partial charge in [0, 0.05) is 22.9 Å². The molecule has 0 spiro atoms. The molecule has 1 fully saturated rings. The Kier molecular flexibility index (Phi) is 5.12. The molecule has 0 bridgehead atoms. The van der Waals surface area contributed by atoms with Gasteiger partial charge in [0.1, 0.15) is 11.7 Å². The van der Waals surface area contributed by atoms with E-state index in [4.69, 9.17) is 0 Å². The second kappa shape index (κ2) is 6.70. The van der Waals surface area contributed by atoms with E-state index in [0.29, 0.717) is 5.56 Å². The van der Waals surface area contributed by atoms with Crippen LogP contribution in [0.5, 0.6) is 0 Å². The van der Waals surface area contributed by atoms with Gasteiger partial charge in [0.2, 0.25) is 12.5 Å². The normalized spacial score (nSPS) is 24.7. The minimum atomic E-state index is -1.29. The van der Waals surface area contributed by atoms with Crippen LogP contribution in [0.1, 0.15) is 45.0 Å². The van der Waals surface area contributed by atoms with E-state index in [9.17, 15) is 19.7 Å². The van der Waals surface area contributed by atoms with Gasteiger partial charge in [0.05, 0.1) is 5.92 Å². The molecule has 1 aliphatic rings. The maximum Gasteiger partial charge on any atom is 0.256 e. The first-order valence-corrected chi connectivity index (χ1v) is 8.70. The monoisotopic (exact) mass is 361 g/mol. The molecule has 3 unspecified atom stereocenters. The van der Waals surface area contributed by atoms with Crippen LogP contribution in [0.4, 0.5) is 0 Å². The Bertz CT molecular complexity index is 713. The third-order valence-corrected chi connectivity index (χ3v) is 5.26. The zero-order chi connectivity index (χ0) is 19.9. The average molecular weight is 361 g/mol. The zero-order valence-electron chi connectivity index (χ0n) is 16.2. The molecule has 2 amide bonds. The Hall–Kier alpha value is -2.44. The van der Waals surface area contributed by atoms with E-state index in [1.54, 1.807) is 55.0 Å². The largest absolute Gasteiger partial charge is 0.323 e.